The fourth-order valence-electron chi connectivity index (χ4n) is 1.53. The Morgan fingerprint density at radius 2 is 2.44 bits per heavy atom. The second-order valence-corrected chi connectivity index (χ2v) is 4.91. The summed E-state index contributed by atoms with van der Waals surface area (Å²) in [6, 6.07) is 3.18. The summed E-state index contributed by atoms with van der Waals surface area (Å²) >= 11 is 7.15. The molecule has 1 saturated heterocycles. The smallest absolute Gasteiger partial charge is 0.245 e. The van der Waals surface area contributed by atoms with Crippen LogP contribution < -0.4 is 10.6 Å². The van der Waals surface area contributed by atoms with Gasteiger partial charge in [0, 0.05) is 10.8 Å². The zero-order valence-electron chi connectivity index (χ0n) is 8.40. The standard InChI is InChI=1S/C10H11ClN2O2S/c11-5-7-9(10(15)12-7)13-8(14)4-6-2-1-3-16-6/h1-3,7,9H,4-5H2,(H,12,15)(H,13,14)/t7-,9+/m0/s1. The summed E-state index contributed by atoms with van der Waals surface area (Å²) in [5.41, 5.74) is 0. The molecular weight excluding hydrogens is 248 g/mol. The van der Waals surface area contributed by atoms with Crippen LogP contribution >= 0.6 is 22.9 Å². The highest BCUT2D eigenvalue weighted by Crippen LogP contribution is 2.11. The van der Waals surface area contributed by atoms with Crippen molar-refractivity contribution in [3.63, 3.8) is 0 Å². The van der Waals surface area contributed by atoms with Gasteiger partial charge in [-0.1, -0.05) is 6.07 Å². The molecule has 0 unspecified atom stereocenters. The molecule has 2 amide bonds. The number of carbonyl (C=O) groups is 2. The molecule has 1 fully saturated rings. The van der Waals surface area contributed by atoms with Crippen LogP contribution in [0.5, 0.6) is 0 Å². The number of carbonyl (C=O) groups excluding carboxylic acids is 2. The number of hydrogen-bond donors (Lipinski definition) is 2. The maximum atomic E-state index is 11.6. The van der Waals surface area contributed by atoms with Crippen molar-refractivity contribution in [1.29, 1.82) is 0 Å². The van der Waals surface area contributed by atoms with Crippen LogP contribution in [0.15, 0.2) is 17.5 Å². The van der Waals surface area contributed by atoms with E-state index in [0.29, 0.717) is 12.3 Å². The number of halogens is 1. The van der Waals surface area contributed by atoms with Crippen LogP contribution in [0.2, 0.25) is 0 Å². The van der Waals surface area contributed by atoms with Crippen molar-refractivity contribution in [1.82, 2.24) is 10.6 Å². The Hall–Kier alpha value is -1.07. The maximum Gasteiger partial charge on any atom is 0.245 e. The molecular formula is C10H11ClN2O2S. The fraction of sp³-hybridized carbons (Fsp3) is 0.400. The third kappa shape index (κ3) is 2.36. The highest BCUT2D eigenvalue weighted by Gasteiger charge is 2.39. The van der Waals surface area contributed by atoms with Crippen molar-refractivity contribution in [2.75, 3.05) is 5.88 Å². The van der Waals surface area contributed by atoms with Gasteiger partial charge in [0.1, 0.15) is 6.04 Å². The number of rotatable bonds is 4. The van der Waals surface area contributed by atoms with E-state index in [0.717, 1.165) is 4.88 Å². The third-order valence-electron chi connectivity index (χ3n) is 2.41. The van der Waals surface area contributed by atoms with E-state index in [1.54, 1.807) is 0 Å². The molecule has 4 nitrogen and oxygen atoms in total. The van der Waals surface area contributed by atoms with E-state index in [-0.39, 0.29) is 17.9 Å². The summed E-state index contributed by atoms with van der Waals surface area (Å²) in [6.07, 6.45) is 0.316. The van der Waals surface area contributed by atoms with E-state index in [1.807, 2.05) is 17.5 Å². The summed E-state index contributed by atoms with van der Waals surface area (Å²) in [5.74, 6) is 0.0120. The molecule has 0 bridgehead atoms. The Labute approximate surface area is 102 Å². The Balaban J connectivity index is 1.85. The van der Waals surface area contributed by atoms with E-state index < -0.39 is 6.04 Å². The minimum absolute atomic E-state index is 0.138. The average Bonchev–Trinajstić information content (AvgIpc) is 2.75. The number of nitrogens with one attached hydrogen (secondary N) is 2. The van der Waals surface area contributed by atoms with Crippen molar-refractivity contribution in [2.45, 2.75) is 18.5 Å². The first kappa shape index (κ1) is 11.4. The third-order valence-corrected chi connectivity index (χ3v) is 3.62. The minimum atomic E-state index is -0.468. The zero-order valence-corrected chi connectivity index (χ0v) is 9.98. The van der Waals surface area contributed by atoms with Crippen LogP contribution in [0.3, 0.4) is 0 Å². The van der Waals surface area contributed by atoms with E-state index in [2.05, 4.69) is 10.6 Å². The van der Waals surface area contributed by atoms with Crippen LogP contribution in [-0.2, 0) is 16.0 Å². The van der Waals surface area contributed by atoms with Gasteiger partial charge in [-0.25, -0.2) is 0 Å². The van der Waals surface area contributed by atoms with Crippen molar-refractivity contribution < 1.29 is 9.59 Å². The second kappa shape index (κ2) is 4.84. The monoisotopic (exact) mass is 258 g/mol. The Morgan fingerprint density at radius 1 is 1.62 bits per heavy atom. The van der Waals surface area contributed by atoms with Gasteiger partial charge in [-0.15, -0.1) is 22.9 Å². The minimum Gasteiger partial charge on any atom is -0.348 e. The molecule has 1 aromatic heterocycles. The van der Waals surface area contributed by atoms with E-state index in [1.165, 1.54) is 11.3 Å². The van der Waals surface area contributed by atoms with Gasteiger partial charge in [-0.2, -0.15) is 0 Å². The van der Waals surface area contributed by atoms with Crippen LogP contribution in [0, 0.1) is 0 Å². The quantitative estimate of drug-likeness (QED) is 0.611. The van der Waals surface area contributed by atoms with Gasteiger partial charge in [0.25, 0.3) is 0 Å². The topological polar surface area (TPSA) is 58.2 Å². The second-order valence-electron chi connectivity index (χ2n) is 3.57. The molecule has 2 N–H and O–H groups in total. The predicted octanol–water partition coefficient (Wildman–Crippen LogP) is 0.513. The molecule has 86 valence electrons. The average molecular weight is 259 g/mol. The highest BCUT2D eigenvalue weighted by atomic mass is 35.5. The molecule has 2 heterocycles. The molecule has 1 aromatic rings. The SMILES string of the molecule is O=C(Cc1cccs1)N[C@H]1C(=O)N[C@H]1CCl. The number of hydrogen-bond acceptors (Lipinski definition) is 3. The molecule has 0 aromatic carbocycles. The number of amides is 2. The summed E-state index contributed by atoms with van der Waals surface area (Å²) in [5, 5.41) is 7.22. The van der Waals surface area contributed by atoms with Crippen LogP contribution in [0.4, 0.5) is 0 Å². The van der Waals surface area contributed by atoms with E-state index in [9.17, 15) is 9.59 Å². The van der Waals surface area contributed by atoms with Crippen molar-refractivity contribution >= 4 is 34.8 Å². The largest absolute Gasteiger partial charge is 0.348 e. The molecule has 1 aliphatic heterocycles. The molecule has 0 spiro atoms. The normalized spacial score (nSPS) is 23.4. The van der Waals surface area contributed by atoms with Gasteiger partial charge in [0.05, 0.1) is 12.5 Å². The van der Waals surface area contributed by atoms with Crippen LogP contribution in [0.25, 0.3) is 0 Å². The van der Waals surface area contributed by atoms with Gasteiger partial charge in [-0.05, 0) is 11.4 Å². The molecule has 6 heteroatoms. The Morgan fingerprint density at radius 3 is 3.00 bits per heavy atom. The molecule has 0 aliphatic carbocycles. The van der Waals surface area contributed by atoms with Gasteiger partial charge >= 0.3 is 0 Å². The first-order valence-corrected chi connectivity index (χ1v) is 6.30. The van der Waals surface area contributed by atoms with E-state index >= 15 is 0 Å². The zero-order chi connectivity index (χ0) is 11.5. The summed E-state index contributed by atoms with van der Waals surface area (Å²) in [4.78, 5) is 23.7. The number of thiophene rings is 1. The molecule has 0 radical (unpaired) electrons. The van der Waals surface area contributed by atoms with E-state index in [4.69, 9.17) is 11.6 Å². The van der Waals surface area contributed by atoms with Crippen molar-refractivity contribution in [3.8, 4) is 0 Å². The number of β-lactam (4-membered cyclic amide) rings is 1. The van der Waals surface area contributed by atoms with Gasteiger partial charge in [-0.3, -0.25) is 9.59 Å². The van der Waals surface area contributed by atoms with Crippen molar-refractivity contribution in [2.24, 2.45) is 0 Å². The lowest BCUT2D eigenvalue weighted by Crippen LogP contribution is -2.70. The molecule has 16 heavy (non-hydrogen) atoms. The van der Waals surface area contributed by atoms with Crippen LogP contribution in [-0.4, -0.2) is 29.8 Å². The Bertz CT molecular complexity index is 394. The highest BCUT2D eigenvalue weighted by molar-refractivity contribution is 7.10. The summed E-state index contributed by atoms with van der Waals surface area (Å²) in [6.45, 7) is 0. The molecule has 0 saturated carbocycles. The number of alkyl halides is 1. The lowest BCUT2D eigenvalue weighted by Gasteiger charge is -2.35. The lowest BCUT2D eigenvalue weighted by atomic mass is 10.0. The molecule has 1 aliphatic rings. The summed E-state index contributed by atoms with van der Waals surface area (Å²) < 4.78 is 0. The maximum absolute atomic E-state index is 11.6. The summed E-state index contributed by atoms with van der Waals surface area (Å²) in [7, 11) is 0. The first-order chi connectivity index (χ1) is 7.70. The molecule has 2 atom stereocenters. The predicted molar refractivity (Wildman–Crippen MR) is 62.6 cm³/mol. The van der Waals surface area contributed by atoms with Crippen molar-refractivity contribution in [3.05, 3.63) is 22.4 Å². The first-order valence-electron chi connectivity index (χ1n) is 4.89. The lowest BCUT2D eigenvalue weighted by molar-refractivity contribution is -0.135. The fourth-order valence-corrected chi connectivity index (χ4v) is 2.49. The van der Waals surface area contributed by atoms with Crippen LogP contribution in [0.1, 0.15) is 4.88 Å². The van der Waals surface area contributed by atoms with Gasteiger partial charge in [0.15, 0.2) is 0 Å². The molecule has 2 rings (SSSR count). The van der Waals surface area contributed by atoms with Gasteiger partial charge < -0.3 is 10.6 Å². The van der Waals surface area contributed by atoms with Gasteiger partial charge in [0.2, 0.25) is 11.8 Å². The Kier molecular flexibility index (Phi) is 3.46.